The summed E-state index contributed by atoms with van der Waals surface area (Å²) in [6.07, 6.45) is 1.37. The minimum absolute atomic E-state index is 0.0552. The van der Waals surface area contributed by atoms with Crippen LogP contribution < -0.4 is 19.3 Å². The van der Waals surface area contributed by atoms with E-state index in [0.717, 1.165) is 27.5 Å². The summed E-state index contributed by atoms with van der Waals surface area (Å²) in [5, 5.41) is 2.81. The van der Waals surface area contributed by atoms with E-state index in [1.165, 1.54) is 19.2 Å². The molecule has 1 heterocycles. The van der Waals surface area contributed by atoms with Crippen LogP contribution in [0.3, 0.4) is 0 Å². The molecule has 0 atom stereocenters. The third kappa shape index (κ3) is 5.68. The normalized spacial score (nSPS) is 13.5. The molecule has 0 bridgehead atoms. The molecule has 188 valence electrons. The number of aryl methyl sites for hydroxylation is 1. The molecule has 1 aliphatic heterocycles. The third-order valence-electron chi connectivity index (χ3n) is 6.04. The van der Waals surface area contributed by atoms with Crippen LogP contribution in [0.2, 0.25) is 0 Å². The number of benzene rings is 3. The summed E-state index contributed by atoms with van der Waals surface area (Å²) < 4.78 is 33.3. The average molecular weight is 508 g/mol. The molecule has 1 N–H and O–H groups in total. The highest BCUT2D eigenvalue weighted by atomic mass is 32.2. The fraction of sp³-hybridized carbons (Fsp3) is 0.259. The number of hydrogen-bond acceptors (Lipinski definition) is 5. The van der Waals surface area contributed by atoms with Crippen LogP contribution in [-0.2, 0) is 26.2 Å². The fourth-order valence-corrected chi connectivity index (χ4v) is 5.46. The van der Waals surface area contributed by atoms with Crippen molar-refractivity contribution < 1.29 is 22.7 Å². The van der Waals surface area contributed by atoms with Crippen LogP contribution in [0.1, 0.15) is 24.0 Å². The number of carbonyl (C=O) groups is 2. The van der Waals surface area contributed by atoms with Crippen molar-refractivity contribution in [2.45, 2.75) is 31.2 Å². The van der Waals surface area contributed by atoms with Crippen molar-refractivity contribution in [1.82, 2.24) is 5.32 Å². The number of anilines is 2. The Balaban J connectivity index is 1.51. The molecule has 1 aliphatic rings. The molecule has 9 heteroatoms. The Bertz CT molecular complexity index is 1340. The minimum atomic E-state index is -4.02. The summed E-state index contributed by atoms with van der Waals surface area (Å²) in [4.78, 5) is 26.8. The van der Waals surface area contributed by atoms with Crippen molar-refractivity contribution in [3.05, 3.63) is 83.9 Å². The maximum Gasteiger partial charge on any atom is 0.264 e. The Labute approximate surface area is 211 Å². The van der Waals surface area contributed by atoms with E-state index < -0.39 is 15.9 Å². The number of nitrogens with zero attached hydrogens (tertiary/aromatic N) is 2. The van der Waals surface area contributed by atoms with Crippen LogP contribution in [-0.4, -0.2) is 40.4 Å². The lowest BCUT2D eigenvalue weighted by Crippen LogP contribution is -2.40. The SMILES string of the molecule is COc1ccc(S(=O)(=O)N(CC(=O)NCc2cccc(N3CCCC3=O)c2)c2ccc(C)cc2)cc1. The van der Waals surface area contributed by atoms with Gasteiger partial charge in [0.25, 0.3) is 10.0 Å². The van der Waals surface area contributed by atoms with Gasteiger partial charge in [-0.15, -0.1) is 0 Å². The molecule has 0 spiro atoms. The van der Waals surface area contributed by atoms with Gasteiger partial charge in [-0.1, -0.05) is 29.8 Å². The van der Waals surface area contributed by atoms with E-state index in [1.807, 2.05) is 31.2 Å². The zero-order valence-corrected chi connectivity index (χ0v) is 21.1. The zero-order chi connectivity index (χ0) is 25.7. The van der Waals surface area contributed by atoms with Gasteiger partial charge in [0.1, 0.15) is 12.3 Å². The van der Waals surface area contributed by atoms with E-state index in [0.29, 0.717) is 24.4 Å². The first kappa shape index (κ1) is 25.2. The third-order valence-corrected chi connectivity index (χ3v) is 7.83. The van der Waals surface area contributed by atoms with Crippen LogP contribution in [0.15, 0.2) is 77.7 Å². The summed E-state index contributed by atoms with van der Waals surface area (Å²) in [5.41, 5.74) is 2.98. The summed E-state index contributed by atoms with van der Waals surface area (Å²) in [6, 6.07) is 20.5. The summed E-state index contributed by atoms with van der Waals surface area (Å²) >= 11 is 0. The summed E-state index contributed by atoms with van der Waals surface area (Å²) in [7, 11) is -2.52. The molecule has 0 aromatic heterocycles. The molecule has 1 fully saturated rings. The first-order valence-corrected chi connectivity index (χ1v) is 13.1. The number of sulfonamides is 1. The summed E-state index contributed by atoms with van der Waals surface area (Å²) in [5.74, 6) is 0.176. The monoisotopic (exact) mass is 507 g/mol. The van der Waals surface area contributed by atoms with E-state index in [-0.39, 0.29) is 23.9 Å². The van der Waals surface area contributed by atoms with Gasteiger partial charge in [0.05, 0.1) is 17.7 Å². The molecule has 3 aromatic carbocycles. The van der Waals surface area contributed by atoms with Gasteiger partial charge in [-0.05, 0) is 67.4 Å². The standard InChI is InChI=1S/C27H29N3O5S/c1-20-8-10-22(11-9-20)30(36(33,34)25-14-12-24(35-2)13-15-25)19-26(31)28-18-21-5-3-6-23(17-21)29-16-4-7-27(29)32/h3,5-6,8-15,17H,4,7,16,18-19H2,1-2H3,(H,28,31). The van der Waals surface area contributed by atoms with Crippen molar-refractivity contribution in [3.63, 3.8) is 0 Å². The van der Waals surface area contributed by atoms with Gasteiger partial charge in [-0.3, -0.25) is 13.9 Å². The van der Waals surface area contributed by atoms with Crippen LogP contribution in [0, 0.1) is 6.92 Å². The van der Waals surface area contributed by atoms with Gasteiger partial charge in [0.15, 0.2) is 0 Å². The number of nitrogens with one attached hydrogen (secondary N) is 1. The van der Waals surface area contributed by atoms with Crippen LogP contribution in [0.4, 0.5) is 11.4 Å². The Kier molecular flexibility index (Phi) is 7.59. The van der Waals surface area contributed by atoms with Gasteiger partial charge >= 0.3 is 0 Å². The Morgan fingerprint density at radius 2 is 1.78 bits per heavy atom. The van der Waals surface area contributed by atoms with Gasteiger partial charge in [-0.25, -0.2) is 8.42 Å². The highest BCUT2D eigenvalue weighted by Crippen LogP contribution is 2.26. The van der Waals surface area contributed by atoms with Crippen molar-refractivity contribution in [1.29, 1.82) is 0 Å². The second kappa shape index (κ2) is 10.8. The van der Waals surface area contributed by atoms with Crippen LogP contribution >= 0.6 is 0 Å². The Hall–Kier alpha value is -3.85. The molecule has 0 saturated carbocycles. The van der Waals surface area contributed by atoms with E-state index in [2.05, 4.69) is 5.32 Å². The molecule has 8 nitrogen and oxygen atoms in total. The van der Waals surface area contributed by atoms with E-state index in [4.69, 9.17) is 4.74 Å². The number of amides is 2. The first-order valence-electron chi connectivity index (χ1n) is 11.7. The molecule has 3 aromatic rings. The van der Waals surface area contributed by atoms with Crippen molar-refractivity contribution >= 4 is 33.2 Å². The quantitative estimate of drug-likeness (QED) is 0.477. The first-order chi connectivity index (χ1) is 17.3. The lowest BCUT2D eigenvalue weighted by atomic mass is 10.2. The second-order valence-corrected chi connectivity index (χ2v) is 10.5. The smallest absolute Gasteiger partial charge is 0.264 e. The Morgan fingerprint density at radius 3 is 2.42 bits per heavy atom. The van der Waals surface area contributed by atoms with Gasteiger partial charge in [0.2, 0.25) is 11.8 Å². The van der Waals surface area contributed by atoms with Crippen molar-refractivity contribution in [2.24, 2.45) is 0 Å². The topological polar surface area (TPSA) is 96.0 Å². The molecule has 2 amide bonds. The highest BCUT2D eigenvalue weighted by Gasteiger charge is 2.27. The molecule has 4 rings (SSSR count). The zero-order valence-electron chi connectivity index (χ0n) is 20.3. The average Bonchev–Trinajstić information content (AvgIpc) is 3.32. The van der Waals surface area contributed by atoms with E-state index in [1.54, 1.807) is 41.3 Å². The predicted molar refractivity (Wildman–Crippen MR) is 139 cm³/mol. The number of hydrogen-bond donors (Lipinski definition) is 1. The predicted octanol–water partition coefficient (Wildman–Crippen LogP) is 3.64. The lowest BCUT2D eigenvalue weighted by Gasteiger charge is -2.24. The Morgan fingerprint density at radius 1 is 1.06 bits per heavy atom. The number of carbonyl (C=O) groups excluding carboxylic acids is 2. The van der Waals surface area contributed by atoms with Crippen molar-refractivity contribution in [2.75, 3.05) is 29.4 Å². The second-order valence-electron chi connectivity index (χ2n) is 8.62. The molecule has 0 aliphatic carbocycles. The number of ether oxygens (including phenoxy) is 1. The van der Waals surface area contributed by atoms with Crippen molar-refractivity contribution in [3.8, 4) is 5.75 Å². The lowest BCUT2D eigenvalue weighted by molar-refractivity contribution is -0.120. The minimum Gasteiger partial charge on any atom is -0.497 e. The number of rotatable bonds is 9. The van der Waals surface area contributed by atoms with Gasteiger partial charge in [0, 0.05) is 25.2 Å². The maximum atomic E-state index is 13.5. The number of methoxy groups -OCH3 is 1. The molecule has 0 unspecified atom stereocenters. The van der Waals surface area contributed by atoms with E-state index >= 15 is 0 Å². The molecule has 0 radical (unpaired) electrons. The molecule has 1 saturated heterocycles. The maximum absolute atomic E-state index is 13.5. The highest BCUT2D eigenvalue weighted by molar-refractivity contribution is 7.92. The van der Waals surface area contributed by atoms with Crippen LogP contribution in [0.25, 0.3) is 0 Å². The summed E-state index contributed by atoms with van der Waals surface area (Å²) in [6.45, 7) is 2.41. The van der Waals surface area contributed by atoms with E-state index in [9.17, 15) is 18.0 Å². The fourth-order valence-electron chi connectivity index (χ4n) is 4.04. The van der Waals surface area contributed by atoms with Crippen LogP contribution in [0.5, 0.6) is 5.75 Å². The van der Waals surface area contributed by atoms with Gasteiger partial charge < -0.3 is 15.0 Å². The largest absolute Gasteiger partial charge is 0.497 e. The van der Waals surface area contributed by atoms with Gasteiger partial charge in [-0.2, -0.15) is 0 Å². The molecular formula is C27H29N3O5S. The molecule has 36 heavy (non-hydrogen) atoms. The molecular weight excluding hydrogens is 478 g/mol.